The fourth-order valence-electron chi connectivity index (χ4n) is 3.61. The number of carbonyl (C=O) groups excluding carboxylic acids is 1. The largest absolute Gasteiger partial charge is 0.481 e. The zero-order chi connectivity index (χ0) is 19.6. The van der Waals surface area contributed by atoms with Gasteiger partial charge in [0.1, 0.15) is 5.82 Å². The molecular weight excluding hydrogens is 344 g/mol. The van der Waals surface area contributed by atoms with E-state index in [1.54, 1.807) is 9.58 Å². The topological polar surface area (TPSA) is 88.3 Å². The van der Waals surface area contributed by atoms with E-state index in [-0.39, 0.29) is 24.1 Å². The van der Waals surface area contributed by atoms with Gasteiger partial charge in [0.2, 0.25) is 5.82 Å². The Kier molecular flexibility index (Phi) is 5.58. The van der Waals surface area contributed by atoms with Crippen LogP contribution in [0.4, 0.5) is 0 Å². The number of piperidine rings is 1. The summed E-state index contributed by atoms with van der Waals surface area (Å²) >= 11 is 0. The molecule has 0 aliphatic carbocycles. The van der Waals surface area contributed by atoms with Gasteiger partial charge in [-0.15, -0.1) is 5.10 Å². The van der Waals surface area contributed by atoms with E-state index in [4.69, 9.17) is 5.11 Å². The number of hydrogen-bond donors (Lipinski definition) is 1. The maximum absolute atomic E-state index is 12.8. The molecular formula is C20H26N4O3. The molecule has 3 rings (SSSR count). The van der Waals surface area contributed by atoms with Crippen molar-refractivity contribution in [1.82, 2.24) is 19.7 Å². The third-order valence-corrected chi connectivity index (χ3v) is 5.11. The van der Waals surface area contributed by atoms with Gasteiger partial charge >= 0.3 is 5.97 Å². The normalized spacial score (nSPS) is 15.3. The summed E-state index contributed by atoms with van der Waals surface area (Å²) in [4.78, 5) is 29.8. The number of nitrogens with zero attached hydrogens (tertiary/aromatic N) is 4. The Balaban J connectivity index is 1.77. The molecule has 1 aliphatic heterocycles. The predicted octanol–water partition coefficient (Wildman–Crippen LogP) is 3.03. The van der Waals surface area contributed by atoms with E-state index in [2.05, 4.69) is 30.0 Å². The van der Waals surface area contributed by atoms with Crippen LogP contribution in [0.5, 0.6) is 0 Å². The maximum atomic E-state index is 12.8. The van der Waals surface area contributed by atoms with Gasteiger partial charge in [-0.2, -0.15) is 0 Å². The third kappa shape index (κ3) is 4.18. The van der Waals surface area contributed by atoms with Gasteiger partial charge in [-0.1, -0.05) is 32.0 Å². The second-order valence-electron chi connectivity index (χ2n) is 7.44. The highest BCUT2D eigenvalue weighted by Crippen LogP contribution is 2.24. The Morgan fingerprint density at radius 1 is 1.22 bits per heavy atom. The summed E-state index contributed by atoms with van der Waals surface area (Å²) in [6, 6.07) is 8.01. The van der Waals surface area contributed by atoms with Gasteiger partial charge in [0.25, 0.3) is 5.91 Å². The van der Waals surface area contributed by atoms with Crippen LogP contribution < -0.4 is 0 Å². The van der Waals surface area contributed by atoms with Crippen LogP contribution in [0, 0.1) is 12.8 Å². The fourth-order valence-corrected chi connectivity index (χ4v) is 3.61. The summed E-state index contributed by atoms with van der Waals surface area (Å²) in [5, 5.41) is 13.4. The second kappa shape index (κ2) is 7.90. The lowest BCUT2D eigenvalue weighted by Crippen LogP contribution is -2.39. The van der Waals surface area contributed by atoms with E-state index in [9.17, 15) is 9.59 Å². The molecule has 27 heavy (non-hydrogen) atoms. The first-order chi connectivity index (χ1) is 12.9. The molecule has 1 saturated heterocycles. The molecule has 7 heteroatoms. The summed E-state index contributed by atoms with van der Waals surface area (Å²) < 4.78 is 1.74. The molecule has 0 unspecified atom stereocenters. The molecule has 0 saturated carbocycles. The van der Waals surface area contributed by atoms with Gasteiger partial charge in [0, 0.05) is 19.5 Å². The number of carbonyl (C=O) groups is 2. The Hall–Kier alpha value is -2.70. The lowest BCUT2D eigenvalue weighted by atomic mass is 9.93. The molecule has 7 nitrogen and oxygen atoms in total. The Bertz CT molecular complexity index is 836. The van der Waals surface area contributed by atoms with Crippen LogP contribution in [0.3, 0.4) is 0 Å². The van der Waals surface area contributed by atoms with Crippen LogP contribution in [-0.2, 0) is 4.79 Å². The van der Waals surface area contributed by atoms with Crippen molar-refractivity contribution >= 4 is 11.9 Å². The molecule has 1 fully saturated rings. The highest BCUT2D eigenvalue weighted by molar-refractivity contribution is 5.90. The summed E-state index contributed by atoms with van der Waals surface area (Å²) in [6.45, 7) is 7.19. The zero-order valence-electron chi connectivity index (χ0n) is 16.1. The first kappa shape index (κ1) is 19.1. The number of amides is 1. The van der Waals surface area contributed by atoms with E-state index in [1.165, 1.54) is 0 Å². The van der Waals surface area contributed by atoms with Crippen molar-refractivity contribution in [2.75, 3.05) is 13.1 Å². The first-order valence-electron chi connectivity index (χ1n) is 9.40. The minimum atomic E-state index is -0.778. The lowest BCUT2D eigenvalue weighted by Gasteiger charge is -2.30. The highest BCUT2D eigenvalue weighted by Gasteiger charge is 2.27. The van der Waals surface area contributed by atoms with Gasteiger partial charge in [0.05, 0.1) is 5.69 Å². The molecule has 0 radical (unpaired) electrons. The van der Waals surface area contributed by atoms with Crippen LogP contribution >= 0.6 is 0 Å². The monoisotopic (exact) mass is 370 g/mol. The zero-order valence-corrected chi connectivity index (χ0v) is 16.1. The smallest absolute Gasteiger partial charge is 0.303 e. The number of benzene rings is 1. The minimum Gasteiger partial charge on any atom is -0.481 e. The number of aromatic nitrogens is 3. The van der Waals surface area contributed by atoms with E-state index in [0.717, 1.165) is 11.3 Å². The van der Waals surface area contributed by atoms with Crippen molar-refractivity contribution in [3.05, 3.63) is 41.5 Å². The number of aryl methyl sites for hydroxylation is 1. The average molecular weight is 370 g/mol. The quantitative estimate of drug-likeness (QED) is 0.874. The summed E-state index contributed by atoms with van der Waals surface area (Å²) in [7, 11) is 0. The molecule has 0 spiro atoms. The van der Waals surface area contributed by atoms with E-state index in [0.29, 0.717) is 37.7 Å². The summed E-state index contributed by atoms with van der Waals surface area (Å²) in [5.74, 6) is 0.371. The summed E-state index contributed by atoms with van der Waals surface area (Å²) in [5.41, 5.74) is 2.09. The van der Waals surface area contributed by atoms with Crippen molar-refractivity contribution in [2.45, 2.75) is 46.0 Å². The van der Waals surface area contributed by atoms with Crippen molar-refractivity contribution in [2.24, 2.45) is 5.92 Å². The van der Waals surface area contributed by atoms with E-state index in [1.807, 2.05) is 25.1 Å². The SMILES string of the molecule is Cc1nc(C(=O)N2CCC(CC(=O)O)CC2)nn1-c1ccccc1C(C)C. The number of rotatable bonds is 5. The lowest BCUT2D eigenvalue weighted by molar-refractivity contribution is -0.138. The first-order valence-corrected chi connectivity index (χ1v) is 9.40. The molecule has 1 N–H and O–H groups in total. The number of carboxylic acid groups (broad SMARTS) is 1. The molecule has 1 aromatic heterocycles. The maximum Gasteiger partial charge on any atom is 0.303 e. The van der Waals surface area contributed by atoms with Crippen molar-refractivity contribution in [3.63, 3.8) is 0 Å². The van der Waals surface area contributed by atoms with Crippen LogP contribution in [0.1, 0.15) is 61.0 Å². The van der Waals surface area contributed by atoms with Crippen molar-refractivity contribution in [1.29, 1.82) is 0 Å². The number of aliphatic carboxylic acids is 1. The Morgan fingerprint density at radius 2 is 1.89 bits per heavy atom. The van der Waals surface area contributed by atoms with Crippen LogP contribution in [-0.4, -0.2) is 49.7 Å². The number of para-hydroxylation sites is 1. The predicted molar refractivity (Wildman–Crippen MR) is 101 cm³/mol. The molecule has 2 heterocycles. The van der Waals surface area contributed by atoms with Gasteiger partial charge in [-0.05, 0) is 43.2 Å². The van der Waals surface area contributed by atoms with Gasteiger partial charge in [-0.3, -0.25) is 9.59 Å². The van der Waals surface area contributed by atoms with Crippen LogP contribution in [0.25, 0.3) is 5.69 Å². The van der Waals surface area contributed by atoms with Crippen LogP contribution in [0.15, 0.2) is 24.3 Å². The average Bonchev–Trinajstić information content (AvgIpc) is 3.03. The van der Waals surface area contributed by atoms with Crippen molar-refractivity contribution < 1.29 is 14.7 Å². The third-order valence-electron chi connectivity index (χ3n) is 5.11. The standard InChI is InChI=1S/C20H26N4O3/c1-13(2)16-6-4-5-7-17(16)24-14(3)21-19(22-24)20(27)23-10-8-15(9-11-23)12-18(25)26/h4-7,13,15H,8-12H2,1-3H3,(H,25,26). The molecule has 1 aromatic carbocycles. The van der Waals surface area contributed by atoms with E-state index < -0.39 is 5.97 Å². The minimum absolute atomic E-state index is 0.136. The second-order valence-corrected chi connectivity index (χ2v) is 7.44. The summed E-state index contributed by atoms with van der Waals surface area (Å²) in [6.07, 6.45) is 1.57. The molecule has 0 atom stereocenters. The molecule has 1 amide bonds. The van der Waals surface area contributed by atoms with Gasteiger partial charge in [-0.25, -0.2) is 9.67 Å². The molecule has 0 bridgehead atoms. The molecule has 1 aliphatic rings. The number of hydrogen-bond acceptors (Lipinski definition) is 4. The number of likely N-dealkylation sites (tertiary alicyclic amines) is 1. The van der Waals surface area contributed by atoms with Gasteiger partial charge < -0.3 is 10.0 Å². The molecule has 2 aromatic rings. The Labute approximate surface area is 159 Å². The highest BCUT2D eigenvalue weighted by atomic mass is 16.4. The number of carboxylic acids is 1. The molecule has 144 valence electrons. The van der Waals surface area contributed by atoms with E-state index >= 15 is 0 Å². The van der Waals surface area contributed by atoms with Crippen molar-refractivity contribution in [3.8, 4) is 5.69 Å². The van der Waals surface area contributed by atoms with Crippen LogP contribution in [0.2, 0.25) is 0 Å². The fraction of sp³-hybridized carbons (Fsp3) is 0.500. The Morgan fingerprint density at radius 3 is 2.52 bits per heavy atom. The van der Waals surface area contributed by atoms with Gasteiger partial charge in [0.15, 0.2) is 0 Å².